The Labute approximate surface area is 198 Å². The van der Waals surface area contributed by atoms with Gasteiger partial charge in [-0.05, 0) is 48.4 Å². The van der Waals surface area contributed by atoms with E-state index < -0.39 is 6.04 Å². The molecule has 174 valence electrons. The zero-order chi connectivity index (χ0) is 23.5. The quantitative estimate of drug-likeness (QED) is 0.315. The zero-order valence-electron chi connectivity index (χ0n) is 19.0. The van der Waals surface area contributed by atoms with E-state index in [2.05, 4.69) is 17.1 Å². The van der Waals surface area contributed by atoms with Crippen LogP contribution in [0.1, 0.15) is 59.6 Å². The highest BCUT2D eigenvalue weighted by Crippen LogP contribution is 2.45. The molecule has 2 aromatic heterocycles. The van der Waals surface area contributed by atoms with Gasteiger partial charge in [0.25, 0.3) is 5.91 Å². The maximum Gasteiger partial charge on any atom is 0.273 e. The fourth-order valence-corrected chi connectivity index (χ4v) is 4.44. The highest BCUT2D eigenvalue weighted by atomic mass is 16.5. The van der Waals surface area contributed by atoms with Crippen LogP contribution in [0.5, 0.6) is 11.5 Å². The number of carbonyl (C=O) groups excluding carboxylic acids is 1. The van der Waals surface area contributed by atoms with E-state index in [1.165, 1.54) is 0 Å². The van der Waals surface area contributed by atoms with Crippen LogP contribution >= 0.6 is 0 Å². The predicted octanol–water partition coefficient (Wildman–Crippen LogP) is 5.69. The molecular weight excluding hydrogens is 430 g/mol. The molecule has 0 unspecified atom stereocenters. The van der Waals surface area contributed by atoms with Gasteiger partial charge in [-0.2, -0.15) is 5.10 Å². The molecule has 1 aliphatic rings. The topological polar surface area (TPSA) is 91.6 Å². The van der Waals surface area contributed by atoms with E-state index in [0.29, 0.717) is 35.9 Å². The third-order valence-corrected chi connectivity index (χ3v) is 6.14. The lowest BCUT2D eigenvalue weighted by atomic mass is 9.95. The number of hydrogen-bond acceptors (Lipinski definition) is 5. The first kappa shape index (κ1) is 21.8. The minimum Gasteiger partial charge on any atom is -0.507 e. The molecule has 0 saturated heterocycles. The maximum absolute atomic E-state index is 13.4. The first-order chi connectivity index (χ1) is 16.7. The SMILES string of the molecule is CCCCCOc1ccc([C@@H]2c3c(-c4ccccc4O)n[nH]c3C(=O)N2Cc2ccco2)cc1. The van der Waals surface area contributed by atoms with Gasteiger partial charge in [-0.3, -0.25) is 9.89 Å². The van der Waals surface area contributed by atoms with Crippen LogP contribution in [0.15, 0.2) is 71.3 Å². The maximum atomic E-state index is 13.4. The molecule has 0 aliphatic carbocycles. The summed E-state index contributed by atoms with van der Waals surface area (Å²) in [5.74, 6) is 1.44. The average molecular weight is 458 g/mol. The van der Waals surface area contributed by atoms with E-state index in [9.17, 15) is 9.90 Å². The minimum atomic E-state index is -0.393. The Morgan fingerprint density at radius 1 is 1.09 bits per heavy atom. The molecule has 1 amide bonds. The van der Waals surface area contributed by atoms with Crippen LogP contribution in [0, 0.1) is 0 Å². The number of nitrogens with one attached hydrogen (secondary N) is 1. The van der Waals surface area contributed by atoms with Crippen molar-refractivity contribution >= 4 is 5.91 Å². The number of aromatic amines is 1. The lowest BCUT2D eigenvalue weighted by molar-refractivity contribution is 0.0717. The van der Waals surface area contributed by atoms with Gasteiger partial charge < -0.3 is 19.2 Å². The molecule has 1 aliphatic heterocycles. The third-order valence-electron chi connectivity index (χ3n) is 6.14. The molecule has 2 N–H and O–H groups in total. The fourth-order valence-electron chi connectivity index (χ4n) is 4.44. The molecule has 3 heterocycles. The summed E-state index contributed by atoms with van der Waals surface area (Å²) in [5.41, 5.74) is 3.24. The van der Waals surface area contributed by atoms with Crippen LogP contribution in [0.2, 0.25) is 0 Å². The third kappa shape index (κ3) is 4.05. The van der Waals surface area contributed by atoms with Crippen molar-refractivity contribution in [2.24, 2.45) is 0 Å². The molecule has 5 rings (SSSR count). The number of benzene rings is 2. The monoisotopic (exact) mass is 457 g/mol. The van der Waals surface area contributed by atoms with Gasteiger partial charge in [0.2, 0.25) is 0 Å². The van der Waals surface area contributed by atoms with Crippen molar-refractivity contribution in [3.8, 4) is 22.8 Å². The van der Waals surface area contributed by atoms with E-state index >= 15 is 0 Å². The normalized spacial score (nSPS) is 15.0. The largest absolute Gasteiger partial charge is 0.507 e. The number of ether oxygens (including phenoxy) is 1. The zero-order valence-corrected chi connectivity index (χ0v) is 19.0. The number of phenols is 1. The smallest absolute Gasteiger partial charge is 0.273 e. The summed E-state index contributed by atoms with van der Waals surface area (Å²) in [6.07, 6.45) is 4.91. The second kappa shape index (κ2) is 9.47. The number of fused-ring (bicyclic) bond motifs is 1. The predicted molar refractivity (Wildman–Crippen MR) is 128 cm³/mol. The van der Waals surface area contributed by atoms with Crippen molar-refractivity contribution in [2.45, 2.75) is 38.8 Å². The van der Waals surface area contributed by atoms with Gasteiger partial charge in [0.15, 0.2) is 0 Å². The Morgan fingerprint density at radius 3 is 2.65 bits per heavy atom. The number of aromatic hydroxyl groups is 1. The summed E-state index contributed by atoms with van der Waals surface area (Å²) in [5, 5.41) is 17.8. The Morgan fingerprint density at radius 2 is 1.91 bits per heavy atom. The van der Waals surface area contributed by atoms with E-state index in [0.717, 1.165) is 36.1 Å². The molecule has 7 nitrogen and oxygen atoms in total. The van der Waals surface area contributed by atoms with E-state index in [1.807, 2.05) is 42.5 Å². The molecule has 4 aromatic rings. The van der Waals surface area contributed by atoms with Crippen molar-refractivity contribution in [3.05, 3.63) is 89.5 Å². The number of para-hydroxylation sites is 1. The summed E-state index contributed by atoms with van der Waals surface area (Å²) < 4.78 is 11.4. The van der Waals surface area contributed by atoms with Crippen LogP contribution < -0.4 is 4.74 Å². The summed E-state index contributed by atoms with van der Waals surface area (Å²) in [7, 11) is 0. The summed E-state index contributed by atoms with van der Waals surface area (Å²) >= 11 is 0. The standard InChI is InChI=1S/C27H27N3O4/c1-2-3-6-15-33-19-13-11-18(12-14-19)26-23-24(21-9-4-5-10-22(21)31)28-29-25(23)27(32)30(26)17-20-8-7-16-34-20/h4-5,7-14,16,26,31H,2-3,6,15,17H2,1H3,(H,28,29)/t26-/m1/s1. The Hall–Kier alpha value is -4.00. The second-order valence-corrected chi connectivity index (χ2v) is 8.42. The lowest BCUT2D eigenvalue weighted by Gasteiger charge is -2.25. The molecule has 0 radical (unpaired) electrons. The van der Waals surface area contributed by atoms with Crippen LogP contribution in [0.4, 0.5) is 0 Å². The van der Waals surface area contributed by atoms with Gasteiger partial charge in [-0.15, -0.1) is 0 Å². The lowest BCUT2D eigenvalue weighted by Crippen LogP contribution is -2.28. The molecule has 0 bridgehead atoms. The van der Waals surface area contributed by atoms with Gasteiger partial charge in [0, 0.05) is 11.1 Å². The van der Waals surface area contributed by atoms with Crippen LogP contribution in [0.3, 0.4) is 0 Å². The molecule has 0 spiro atoms. The number of aromatic nitrogens is 2. The van der Waals surface area contributed by atoms with Crippen LogP contribution in [-0.4, -0.2) is 32.7 Å². The molecule has 0 fully saturated rings. The number of hydrogen-bond donors (Lipinski definition) is 2. The van der Waals surface area contributed by atoms with Crippen molar-refractivity contribution < 1.29 is 19.1 Å². The molecule has 34 heavy (non-hydrogen) atoms. The average Bonchev–Trinajstić information content (AvgIpc) is 3.58. The molecule has 7 heteroatoms. The van der Waals surface area contributed by atoms with Crippen molar-refractivity contribution in [3.63, 3.8) is 0 Å². The number of carbonyl (C=O) groups is 1. The van der Waals surface area contributed by atoms with Gasteiger partial charge in [-0.25, -0.2) is 0 Å². The van der Waals surface area contributed by atoms with E-state index in [1.54, 1.807) is 29.4 Å². The first-order valence-electron chi connectivity index (χ1n) is 11.6. The highest BCUT2D eigenvalue weighted by Gasteiger charge is 2.42. The summed E-state index contributed by atoms with van der Waals surface area (Å²) in [4.78, 5) is 15.2. The van der Waals surface area contributed by atoms with Crippen molar-refractivity contribution in [2.75, 3.05) is 6.61 Å². The second-order valence-electron chi connectivity index (χ2n) is 8.42. The van der Waals surface area contributed by atoms with E-state index in [-0.39, 0.29) is 11.7 Å². The Kier molecular flexibility index (Phi) is 6.08. The summed E-state index contributed by atoms with van der Waals surface area (Å²) in [6, 6.07) is 18.1. The van der Waals surface area contributed by atoms with E-state index in [4.69, 9.17) is 9.15 Å². The number of unbranched alkanes of at least 4 members (excludes halogenated alkanes) is 2. The highest BCUT2D eigenvalue weighted by molar-refractivity contribution is 6.00. The van der Waals surface area contributed by atoms with Crippen molar-refractivity contribution in [1.29, 1.82) is 0 Å². The molecular formula is C27H27N3O4. The number of H-pyrrole nitrogens is 1. The number of phenolic OH excluding ortho intramolecular Hbond substituents is 1. The fraction of sp³-hybridized carbons (Fsp3) is 0.259. The summed E-state index contributed by atoms with van der Waals surface area (Å²) in [6.45, 7) is 3.16. The van der Waals surface area contributed by atoms with Crippen LogP contribution in [0.25, 0.3) is 11.3 Å². The van der Waals surface area contributed by atoms with Crippen molar-refractivity contribution in [1.82, 2.24) is 15.1 Å². The van der Waals surface area contributed by atoms with Gasteiger partial charge in [0.05, 0.1) is 25.5 Å². The number of nitrogens with zero attached hydrogens (tertiary/aromatic N) is 2. The minimum absolute atomic E-state index is 0.114. The molecule has 0 saturated carbocycles. The van der Waals surface area contributed by atoms with Crippen LogP contribution in [-0.2, 0) is 6.54 Å². The Balaban J connectivity index is 1.52. The number of rotatable bonds is 9. The van der Waals surface area contributed by atoms with Gasteiger partial charge >= 0.3 is 0 Å². The number of furan rings is 1. The molecule has 1 atom stereocenters. The van der Waals surface area contributed by atoms with Gasteiger partial charge in [0.1, 0.15) is 28.6 Å². The first-order valence-corrected chi connectivity index (χ1v) is 11.6. The molecule has 2 aromatic carbocycles. The Bertz CT molecular complexity index is 1260. The van der Waals surface area contributed by atoms with Gasteiger partial charge in [-0.1, -0.05) is 44.0 Å². The number of amides is 1.